The molecule has 5 aromatic rings. The van der Waals surface area contributed by atoms with Crippen LogP contribution >= 0.6 is 23.9 Å². The van der Waals surface area contributed by atoms with Gasteiger partial charge in [-0.05, 0) is 34.4 Å². The minimum absolute atomic E-state index is 0.590. The Morgan fingerprint density at radius 1 is 0.853 bits per heavy atom. The molecule has 0 spiro atoms. The topological polar surface area (TPSA) is 43.3 Å². The van der Waals surface area contributed by atoms with Gasteiger partial charge in [-0.2, -0.15) is 0 Å². The van der Waals surface area contributed by atoms with Crippen LogP contribution in [0.3, 0.4) is 0 Å². The molecule has 34 heavy (non-hydrogen) atoms. The van der Waals surface area contributed by atoms with Crippen LogP contribution in [0.15, 0.2) is 124 Å². The number of aromatic nitrogens is 1. The van der Waals surface area contributed by atoms with Crippen LogP contribution in [0, 0.1) is 6.92 Å². The number of oxazole rings is 1. The van der Waals surface area contributed by atoms with Crippen molar-refractivity contribution in [2.75, 3.05) is 6.54 Å². The second-order valence-electron chi connectivity index (χ2n) is 7.59. The van der Waals surface area contributed by atoms with E-state index in [0.29, 0.717) is 6.54 Å². The maximum atomic E-state index is 6.00. The SMILES string of the molecule is Cc1oc2cccc[n+]2c1P(c1ccccc1)c1ccccc1.NC/C=C/c1cccc(Br)c1. The largest absolute Gasteiger partial charge is 0.402 e. The molecule has 0 aliphatic heterocycles. The fourth-order valence-electron chi connectivity index (χ4n) is 3.69. The molecule has 0 saturated carbocycles. The summed E-state index contributed by atoms with van der Waals surface area (Å²) in [6.45, 7) is 2.65. The first-order valence-electron chi connectivity index (χ1n) is 11.1. The molecular formula is C29H27BrN2OP+. The minimum Gasteiger partial charge on any atom is -0.402 e. The van der Waals surface area contributed by atoms with Crippen LogP contribution in [0.2, 0.25) is 0 Å². The van der Waals surface area contributed by atoms with Gasteiger partial charge in [-0.25, -0.2) is 0 Å². The standard InChI is InChI=1S/C20H17NOP.C9H10BrN/c1-16-20(21-15-9-8-14-19(21)22-16)23(17-10-4-2-5-11-17)18-12-6-3-7-13-18;10-9-5-1-3-8(7-9)4-2-6-11/h2-15H,1H3;1-5,7H,6,11H2/q+1;/b;4-2+. The van der Waals surface area contributed by atoms with E-state index < -0.39 is 7.92 Å². The van der Waals surface area contributed by atoms with Gasteiger partial charge in [-0.1, -0.05) is 101 Å². The number of benzene rings is 3. The van der Waals surface area contributed by atoms with Crippen molar-refractivity contribution in [2.24, 2.45) is 5.73 Å². The number of aryl methyl sites for hydroxylation is 1. The van der Waals surface area contributed by atoms with Crippen LogP contribution < -0.4 is 26.2 Å². The number of hydrogen-bond acceptors (Lipinski definition) is 2. The zero-order valence-electron chi connectivity index (χ0n) is 19.0. The molecule has 0 radical (unpaired) electrons. The Balaban J connectivity index is 0.000000210. The predicted molar refractivity (Wildman–Crippen MR) is 148 cm³/mol. The lowest BCUT2D eigenvalue weighted by atomic mass is 10.2. The summed E-state index contributed by atoms with van der Waals surface area (Å²) in [7, 11) is -0.660. The smallest absolute Gasteiger partial charge is 0.379 e. The lowest BCUT2D eigenvalue weighted by molar-refractivity contribution is -0.493. The van der Waals surface area contributed by atoms with Gasteiger partial charge in [0.25, 0.3) is 5.44 Å². The van der Waals surface area contributed by atoms with E-state index in [1.165, 1.54) is 21.6 Å². The van der Waals surface area contributed by atoms with Gasteiger partial charge in [-0.3, -0.25) is 0 Å². The molecule has 170 valence electrons. The van der Waals surface area contributed by atoms with Crippen LogP contribution in [-0.2, 0) is 0 Å². The second kappa shape index (κ2) is 11.9. The van der Waals surface area contributed by atoms with E-state index >= 15 is 0 Å². The van der Waals surface area contributed by atoms with Crippen LogP contribution in [0.4, 0.5) is 0 Å². The highest BCUT2D eigenvalue weighted by atomic mass is 79.9. The van der Waals surface area contributed by atoms with Crippen molar-refractivity contribution in [1.29, 1.82) is 0 Å². The Hall–Kier alpha value is -3.04. The van der Waals surface area contributed by atoms with E-state index in [2.05, 4.69) is 100 Å². The molecule has 3 nitrogen and oxygen atoms in total. The number of halogens is 1. The molecular weight excluding hydrogens is 503 g/mol. The third kappa shape index (κ3) is 5.90. The maximum Gasteiger partial charge on any atom is 0.379 e. The molecule has 0 bridgehead atoms. The molecule has 0 amide bonds. The van der Waals surface area contributed by atoms with Gasteiger partial charge in [0.05, 0.1) is 14.0 Å². The van der Waals surface area contributed by atoms with Crippen LogP contribution in [-0.4, -0.2) is 6.54 Å². The molecule has 2 heterocycles. The zero-order chi connectivity index (χ0) is 23.8. The average Bonchev–Trinajstić information content (AvgIpc) is 3.20. The van der Waals surface area contributed by atoms with Crippen molar-refractivity contribution >= 4 is 51.7 Å². The highest BCUT2D eigenvalue weighted by Crippen LogP contribution is 2.33. The summed E-state index contributed by atoms with van der Waals surface area (Å²) in [5.74, 6) is 0.981. The quantitative estimate of drug-likeness (QED) is 0.241. The normalized spacial score (nSPS) is 11.1. The number of fused-ring (bicyclic) bond motifs is 1. The lowest BCUT2D eigenvalue weighted by Gasteiger charge is -2.14. The summed E-state index contributed by atoms with van der Waals surface area (Å²) in [6.07, 6.45) is 6.02. The third-order valence-corrected chi connectivity index (χ3v) is 8.24. The van der Waals surface area contributed by atoms with Gasteiger partial charge in [0, 0.05) is 24.0 Å². The molecule has 0 atom stereocenters. The molecule has 0 aliphatic carbocycles. The molecule has 5 rings (SSSR count). The second-order valence-corrected chi connectivity index (χ2v) is 10.6. The fraction of sp³-hybridized carbons (Fsp3) is 0.0690. The summed E-state index contributed by atoms with van der Waals surface area (Å²) in [4.78, 5) is 0. The maximum absolute atomic E-state index is 6.00. The number of rotatable bonds is 5. The number of nitrogens with zero attached hydrogens (tertiary/aromatic N) is 1. The summed E-state index contributed by atoms with van der Waals surface area (Å²) in [6, 6.07) is 35.6. The molecule has 0 unspecified atom stereocenters. The first-order valence-corrected chi connectivity index (χ1v) is 13.2. The minimum atomic E-state index is -0.660. The lowest BCUT2D eigenvalue weighted by Crippen LogP contribution is -2.40. The molecule has 0 saturated heterocycles. The molecule has 5 heteroatoms. The number of pyridine rings is 1. The van der Waals surface area contributed by atoms with Crippen molar-refractivity contribution in [1.82, 2.24) is 0 Å². The zero-order valence-corrected chi connectivity index (χ0v) is 21.5. The van der Waals surface area contributed by atoms with Crippen LogP contribution in [0.25, 0.3) is 11.8 Å². The van der Waals surface area contributed by atoms with E-state index in [9.17, 15) is 0 Å². The number of nitrogens with two attached hydrogens (primary N) is 1. The molecule has 3 aromatic carbocycles. The first kappa shape index (κ1) is 24.1. The summed E-state index contributed by atoms with van der Waals surface area (Å²) >= 11 is 3.39. The van der Waals surface area contributed by atoms with Gasteiger partial charge < -0.3 is 10.2 Å². The highest BCUT2D eigenvalue weighted by molar-refractivity contribution is 9.10. The summed E-state index contributed by atoms with van der Waals surface area (Å²) in [5.41, 5.74) is 8.62. The molecule has 2 aromatic heterocycles. The van der Waals surface area contributed by atoms with E-state index in [4.69, 9.17) is 10.2 Å². The predicted octanol–water partition coefficient (Wildman–Crippen LogP) is 5.51. The van der Waals surface area contributed by atoms with Crippen molar-refractivity contribution in [2.45, 2.75) is 6.92 Å². The average molecular weight is 530 g/mol. The van der Waals surface area contributed by atoms with Gasteiger partial charge in [0.2, 0.25) is 0 Å². The highest BCUT2D eigenvalue weighted by Gasteiger charge is 2.30. The Morgan fingerprint density at radius 3 is 2.12 bits per heavy atom. The Labute approximate surface area is 210 Å². The Morgan fingerprint density at radius 2 is 1.50 bits per heavy atom. The van der Waals surface area contributed by atoms with E-state index in [-0.39, 0.29) is 0 Å². The van der Waals surface area contributed by atoms with E-state index in [0.717, 1.165) is 15.9 Å². The number of hydrogen-bond donors (Lipinski definition) is 1. The van der Waals surface area contributed by atoms with Gasteiger partial charge in [0.1, 0.15) is 0 Å². The fourth-order valence-corrected chi connectivity index (χ4v) is 6.57. The van der Waals surface area contributed by atoms with Crippen LogP contribution in [0.1, 0.15) is 11.3 Å². The van der Waals surface area contributed by atoms with E-state index in [1.54, 1.807) is 0 Å². The Kier molecular flexibility index (Phi) is 8.43. The molecule has 0 aliphatic rings. The third-order valence-electron chi connectivity index (χ3n) is 5.16. The van der Waals surface area contributed by atoms with Crippen LogP contribution in [0.5, 0.6) is 0 Å². The van der Waals surface area contributed by atoms with Gasteiger partial charge >= 0.3 is 5.71 Å². The monoisotopic (exact) mass is 529 g/mol. The molecule has 0 fully saturated rings. The summed E-state index contributed by atoms with van der Waals surface area (Å²) < 4.78 is 9.28. The van der Waals surface area contributed by atoms with Gasteiger partial charge in [-0.15, -0.1) is 4.40 Å². The van der Waals surface area contributed by atoms with Crippen molar-refractivity contribution in [3.8, 4) is 0 Å². The summed E-state index contributed by atoms with van der Waals surface area (Å²) in [5, 5.41) is 2.66. The van der Waals surface area contributed by atoms with Crippen molar-refractivity contribution in [3.63, 3.8) is 0 Å². The first-order chi connectivity index (χ1) is 16.7. The Bertz CT molecular complexity index is 1330. The van der Waals surface area contributed by atoms with Crippen molar-refractivity contribution < 1.29 is 8.82 Å². The van der Waals surface area contributed by atoms with Crippen molar-refractivity contribution in [3.05, 3.63) is 131 Å². The van der Waals surface area contributed by atoms with Gasteiger partial charge in [0.15, 0.2) is 12.0 Å². The molecule has 2 N–H and O–H groups in total. The van der Waals surface area contributed by atoms with E-state index in [1.807, 2.05) is 48.6 Å².